The number of halogens is 1. The van der Waals surface area contributed by atoms with Gasteiger partial charge in [-0.2, -0.15) is 0 Å². The Hall–Kier alpha value is -1.03. The Morgan fingerprint density at radius 3 is 2.88 bits per heavy atom. The molecular formula is C11H16ClN3O. The number of amides is 1. The lowest BCUT2D eigenvalue weighted by molar-refractivity contribution is 0.0741. The summed E-state index contributed by atoms with van der Waals surface area (Å²) in [5.41, 5.74) is 0.506. The van der Waals surface area contributed by atoms with Gasteiger partial charge in [0, 0.05) is 32.2 Å². The lowest BCUT2D eigenvalue weighted by Gasteiger charge is -2.33. The summed E-state index contributed by atoms with van der Waals surface area (Å²) in [5, 5.41) is 0.309. The van der Waals surface area contributed by atoms with Gasteiger partial charge in [-0.1, -0.05) is 0 Å². The van der Waals surface area contributed by atoms with Crippen molar-refractivity contribution in [3.63, 3.8) is 0 Å². The van der Waals surface area contributed by atoms with E-state index in [9.17, 15) is 4.79 Å². The van der Waals surface area contributed by atoms with Crippen LogP contribution in [-0.2, 0) is 7.05 Å². The molecule has 0 N–H and O–H groups in total. The quantitative estimate of drug-likeness (QED) is 0.753. The fourth-order valence-corrected chi connectivity index (χ4v) is 2.50. The van der Waals surface area contributed by atoms with Crippen LogP contribution in [0.4, 0.5) is 0 Å². The Balaban J connectivity index is 1.89. The molecule has 1 aromatic rings. The number of hydrogen-bond acceptors (Lipinski definition) is 2. The number of carbonyl (C=O) groups is 1. The Morgan fingerprint density at radius 1 is 1.69 bits per heavy atom. The second-order valence-electron chi connectivity index (χ2n) is 4.54. The summed E-state index contributed by atoms with van der Waals surface area (Å²) in [5.74, 6) is 0.541. The van der Waals surface area contributed by atoms with Gasteiger partial charge in [0.2, 0.25) is 0 Å². The normalized spacial score (nSPS) is 23.9. The Morgan fingerprint density at radius 2 is 2.38 bits per heavy atom. The third-order valence-electron chi connectivity index (χ3n) is 2.98. The Labute approximate surface area is 100 Å². The first-order valence-corrected chi connectivity index (χ1v) is 5.87. The van der Waals surface area contributed by atoms with Crippen molar-refractivity contribution in [2.45, 2.75) is 18.2 Å². The summed E-state index contributed by atoms with van der Waals surface area (Å²) in [4.78, 5) is 17.7. The van der Waals surface area contributed by atoms with Crippen LogP contribution >= 0.6 is 11.6 Å². The minimum Gasteiger partial charge on any atom is -0.340 e. The van der Waals surface area contributed by atoms with E-state index in [0.29, 0.717) is 17.0 Å². The van der Waals surface area contributed by atoms with E-state index in [1.54, 1.807) is 22.0 Å². The standard InChI is InChI=1S/C11H16ClN3O/c1-14-6-10(13-7-14)11(16)15(2)5-8-3-9(12)4-8/h6-9H,3-5H2,1-2H3. The van der Waals surface area contributed by atoms with Gasteiger partial charge in [-0.3, -0.25) is 4.79 Å². The summed E-state index contributed by atoms with van der Waals surface area (Å²) in [6.45, 7) is 0.776. The van der Waals surface area contributed by atoms with Crippen molar-refractivity contribution in [2.24, 2.45) is 13.0 Å². The molecule has 1 heterocycles. The van der Waals surface area contributed by atoms with Crippen molar-refractivity contribution in [1.29, 1.82) is 0 Å². The number of aromatic nitrogens is 2. The predicted octanol–water partition coefficient (Wildman–Crippen LogP) is 1.51. The highest BCUT2D eigenvalue weighted by molar-refractivity contribution is 6.21. The summed E-state index contributed by atoms with van der Waals surface area (Å²) in [6.07, 6.45) is 5.41. The van der Waals surface area contributed by atoms with Crippen LogP contribution in [-0.4, -0.2) is 39.3 Å². The van der Waals surface area contributed by atoms with Crippen LogP contribution in [0.25, 0.3) is 0 Å². The first-order valence-electron chi connectivity index (χ1n) is 5.43. The van der Waals surface area contributed by atoms with Crippen molar-refractivity contribution in [3.8, 4) is 0 Å². The van der Waals surface area contributed by atoms with Crippen molar-refractivity contribution < 1.29 is 4.79 Å². The van der Waals surface area contributed by atoms with Gasteiger partial charge in [0.25, 0.3) is 5.91 Å². The molecule has 0 radical (unpaired) electrons. The van der Waals surface area contributed by atoms with Gasteiger partial charge in [0.15, 0.2) is 0 Å². The summed E-state index contributed by atoms with van der Waals surface area (Å²) >= 11 is 5.91. The van der Waals surface area contributed by atoms with Crippen LogP contribution in [0, 0.1) is 5.92 Å². The molecule has 1 aliphatic rings. The van der Waals surface area contributed by atoms with Gasteiger partial charge in [-0.15, -0.1) is 11.6 Å². The number of alkyl halides is 1. The number of rotatable bonds is 3. The fraction of sp³-hybridized carbons (Fsp3) is 0.636. The minimum atomic E-state index is -0.0152. The molecule has 4 nitrogen and oxygen atoms in total. The summed E-state index contributed by atoms with van der Waals surface area (Å²) in [7, 11) is 3.67. The molecule has 2 rings (SSSR count). The molecule has 1 fully saturated rings. The Bertz CT molecular complexity index is 384. The molecule has 16 heavy (non-hydrogen) atoms. The highest BCUT2D eigenvalue weighted by atomic mass is 35.5. The van der Waals surface area contributed by atoms with Crippen LogP contribution in [0.15, 0.2) is 12.5 Å². The zero-order chi connectivity index (χ0) is 11.7. The molecule has 0 saturated heterocycles. The van der Waals surface area contributed by atoms with E-state index in [4.69, 9.17) is 11.6 Å². The van der Waals surface area contributed by atoms with Crippen molar-refractivity contribution in [3.05, 3.63) is 18.2 Å². The third kappa shape index (κ3) is 2.38. The predicted molar refractivity (Wildman–Crippen MR) is 62.5 cm³/mol. The van der Waals surface area contributed by atoms with E-state index < -0.39 is 0 Å². The summed E-state index contributed by atoms with van der Waals surface area (Å²) < 4.78 is 1.78. The molecule has 1 saturated carbocycles. The van der Waals surface area contributed by atoms with Crippen LogP contribution in [0.3, 0.4) is 0 Å². The largest absolute Gasteiger partial charge is 0.340 e. The van der Waals surface area contributed by atoms with E-state index in [1.807, 2.05) is 14.1 Å². The molecule has 0 aromatic carbocycles. The second-order valence-corrected chi connectivity index (χ2v) is 5.16. The molecule has 0 unspecified atom stereocenters. The first kappa shape index (κ1) is 11.5. The number of imidazole rings is 1. The number of nitrogens with zero attached hydrogens (tertiary/aromatic N) is 3. The molecule has 0 atom stereocenters. The molecule has 1 aliphatic carbocycles. The van der Waals surface area contributed by atoms with Gasteiger partial charge in [0.05, 0.1) is 6.33 Å². The summed E-state index contributed by atoms with van der Waals surface area (Å²) in [6, 6.07) is 0. The lowest BCUT2D eigenvalue weighted by atomic mass is 9.84. The van der Waals surface area contributed by atoms with E-state index in [-0.39, 0.29) is 5.91 Å². The SMILES string of the molecule is CN(CC1CC(Cl)C1)C(=O)c1cn(C)cn1. The lowest BCUT2D eigenvalue weighted by Crippen LogP contribution is -2.38. The van der Waals surface area contributed by atoms with Crippen molar-refractivity contribution >= 4 is 17.5 Å². The molecular weight excluding hydrogens is 226 g/mol. The van der Waals surface area contributed by atoms with Gasteiger partial charge >= 0.3 is 0 Å². The molecule has 0 spiro atoms. The van der Waals surface area contributed by atoms with Crippen molar-refractivity contribution in [1.82, 2.24) is 14.5 Å². The topological polar surface area (TPSA) is 38.1 Å². The van der Waals surface area contributed by atoms with Crippen LogP contribution in [0.2, 0.25) is 0 Å². The van der Waals surface area contributed by atoms with Gasteiger partial charge in [-0.05, 0) is 18.8 Å². The number of aryl methyl sites for hydroxylation is 1. The van der Waals surface area contributed by atoms with Gasteiger partial charge < -0.3 is 9.47 Å². The number of hydrogen-bond donors (Lipinski definition) is 0. The maximum atomic E-state index is 11.9. The molecule has 1 aromatic heterocycles. The van der Waals surface area contributed by atoms with Crippen molar-refractivity contribution in [2.75, 3.05) is 13.6 Å². The fourth-order valence-electron chi connectivity index (χ4n) is 1.99. The zero-order valence-corrected chi connectivity index (χ0v) is 10.3. The molecule has 0 bridgehead atoms. The maximum absolute atomic E-state index is 11.9. The first-order chi connectivity index (χ1) is 7.56. The molecule has 0 aliphatic heterocycles. The molecule has 1 amide bonds. The maximum Gasteiger partial charge on any atom is 0.273 e. The third-order valence-corrected chi connectivity index (χ3v) is 3.34. The zero-order valence-electron chi connectivity index (χ0n) is 9.56. The monoisotopic (exact) mass is 241 g/mol. The van der Waals surface area contributed by atoms with E-state index >= 15 is 0 Å². The number of carbonyl (C=O) groups excluding carboxylic acids is 1. The average Bonchev–Trinajstić information content (AvgIpc) is 2.61. The Kier molecular flexibility index (Phi) is 3.19. The average molecular weight is 242 g/mol. The van der Waals surface area contributed by atoms with Crippen LogP contribution in [0.5, 0.6) is 0 Å². The van der Waals surface area contributed by atoms with Crippen LogP contribution in [0.1, 0.15) is 23.3 Å². The van der Waals surface area contributed by atoms with E-state index in [2.05, 4.69) is 4.98 Å². The smallest absolute Gasteiger partial charge is 0.273 e. The minimum absolute atomic E-state index is 0.0152. The highest BCUT2D eigenvalue weighted by Gasteiger charge is 2.29. The van der Waals surface area contributed by atoms with Gasteiger partial charge in [0.1, 0.15) is 5.69 Å². The second kappa shape index (κ2) is 4.45. The van der Waals surface area contributed by atoms with Gasteiger partial charge in [-0.25, -0.2) is 4.98 Å². The molecule has 88 valence electrons. The highest BCUT2D eigenvalue weighted by Crippen LogP contribution is 2.32. The molecule has 5 heteroatoms. The van der Waals surface area contributed by atoms with E-state index in [1.165, 1.54) is 0 Å². The van der Waals surface area contributed by atoms with Crippen LogP contribution < -0.4 is 0 Å². The van der Waals surface area contributed by atoms with E-state index in [0.717, 1.165) is 19.4 Å².